The van der Waals surface area contributed by atoms with Crippen molar-refractivity contribution in [1.29, 1.82) is 0 Å². The predicted octanol–water partition coefficient (Wildman–Crippen LogP) is -1.79. The Kier molecular flexibility index (Phi) is 4.05. The van der Waals surface area contributed by atoms with E-state index in [0.29, 0.717) is 0 Å². The van der Waals surface area contributed by atoms with Crippen LogP contribution >= 0.6 is 0 Å². The van der Waals surface area contributed by atoms with Crippen LogP contribution in [0.25, 0.3) is 0 Å². The second kappa shape index (κ2) is 4.73. The third-order valence-electron chi connectivity index (χ3n) is 2.30. The molecule has 15 heavy (non-hydrogen) atoms. The third kappa shape index (κ3) is 2.87. The van der Waals surface area contributed by atoms with Crippen molar-refractivity contribution in [2.24, 2.45) is 0 Å². The van der Waals surface area contributed by atoms with Crippen molar-refractivity contribution in [3.8, 4) is 0 Å². The van der Waals surface area contributed by atoms with E-state index in [4.69, 9.17) is 19.7 Å². The van der Waals surface area contributed by atoms with Crippen LogP contribution in [0.1, 0.15) is 13.8 Å². The molecule has 4 atom stereocenters. The maximum Gasteiger partial charge on any atom is 0.164 e. The maximum absolute atomic E-state index is 9.46. The van der Waals surface area contributed by atoms with Crippen LogP contribution < -0.4 is 0 Å². The van der Waals surface area contributed by atoms with Crippen LogP contribution in [-0.4, -0.2) is 63.8 Å². The van der Waals surface area contributed by atoms with Crippen molar-refractivity contribution >= 4 is 0 Å². The van der Waals surface area contributed by atoms with E-state index in [2.05, 4.69) is 0 Å². The third-order valence-corrected chi connectivity index (χ3v) is 2.30. The van der Waals surface area contributed by atoms with Crippen LogP contribution in [0, 0.1) is 0 Å². The summed E-state index contributed by atoms with van der Waals surface area (Å²) >= 11 is 0. The molecule has 1 aliphatic rings. The zero-order valence-corrected chi connectivity index (χ0v) is 8.83. The standard InChI is InChI=1S/C9H18O6/c1-9(2)14-7(5(12)3-10)8(15-9)6(13)4-11/h5-8,10-13H,3-4H2,1-2H3/t5-,6-,7-,8+/m0/s1. The van der Waals surface area contributed by atoms with Crippen LogP contribution in [0.5, 0.6) is 0 Å². The lowest BCUT2D eigenvalue weighted by molar-refractivity contribution is -0.163. The second-order valence-electron chi connectivity index (χ2n) is 4.06. The summed E-state index contributed by atoms with van der Waals surface area (Å²) in [6, 6.07) is 0. The molecule has 1 fully saturated rings. The van der Waals surface area contributed by atoms with E-state index >= 15 is 0 Å². The minimum atomic E-state index is -1.14. The first kappa shape index (κ1) is 12.8. The Balaban J connectivity index is 2.74. The first-order valence-electron chi connectivity index (χ1n) is 4.85. The van der Waals surface area contributed by atoms with Gasteiger partial charge >= 0.3 is 0 Å². The van der Waals surface area contributed by atoms with Crippen LogP contribution in [0.3, 0.4) is 0 Å². The number of aliphatic hydroxyl groups excluding tert-OH is 4. The zero-order valence-electron chi connectivity index (χ0n) is 8.83. The lowest BCUT2D eigenvalue weighted by Gasteiger charge is -2.23. The van der Waals surface area contributed by atoms with Crippen molar-refractivity contribution < 1.29 is 29.9 Å². The highest BCUT2D eigenvalue weighted by atomic mass is 16.8. The molecule has 0 aromatic heterocycles. The fraction of sp³-hybridized carbons (Fsp3) is 1.00. The topological polar surface area (TPSA) is 99.4 Å². The van der Waals surface area contributed by atoms with E-state index in [-0.39, 0.29) is 0 Å². The molecule has 0 aromatic carbocycles. The quantitative estimate of drug-likeness (QED) is 0.448. The first-order chi connectivity index (χ1) is 6.91. The molecule has 0 radical (unpaired) electrons. The molecule has 0 bridgehead atoms. The molecule has 1 aliphatic heterocycles. The molecule has 0 saturated carbocycles. The SMILES string of the molecule is CC1(C)O[C@@H]([C@@H](O)CO)[C@@H]([C@@H](O)CO)O1. The summed E-state index contributed by atoms with van der Waals surface area (Å²) in [5, 5.41) is 36.5. The van der Waals surface area contributed by atoms with Gasteiger partial charge < -0.3 is 29.9 Å². The number of hydrogen-bond donors (Lipinski definition) is 4. The van der Waals surface area contributed by atoms with E-state index in [1.807, 2.05) is 0 Å². The Hall–Kier alpha value is -0.240. The number of ether oxygens (including phenoxy) is 2. The summed E-state index contributed by atoms with van der Waals surface area (Å²) in [6.45, 7) is 2.29. The molecule has 4 N–H and O–H groups in total. The zero-order chi connectivity index (χ0) is 11.6. The normalized spacial score (nSPS) is 34.0. The van der Waals surface area contributed by atoms with Gasteiger partial charge in [-0.05, 0) is 13.8 Å². The Morgan fingerprint density at radius 2 is 1.33 bits per heavy atom. The van der Waals surface area contributed by atoms with Crippen molar-refractivity contribution in [2.75, 3.05) is 13.2 Å². The van der Waals surface area contributed by atoms with E-state index < -0.39 is 43.4 Å². The van der Waals surface area contributed by atoms with Gasteiger partial charge in [-0.15, -0.1) is 0 Å². The average molecular weight is 222 g/mol. The summed E-state index contributed by atoms with van der Waals surface area (Å²) in [4.78, 5) is 0. The van der Waals surface area contributed by atoms with Gasteiger partial charge in [0.1, 0.15) is 24.4 Å². The average Bonchev–Trinajstić information content (AvgIpc) is 2.52. The van der Waals surface area contributed by atoms with Crippen LogP contribution in [-0.2, 0) is 9.47 Å². The van der Waals surface area contributed by atoms with E-state index in [0.717, 1.165) is 0 Å². The van der Waals surface area contributed by atoms with Gasteiger partial charge in [-0.2, -0.15) is 0 Å². The molecular formula is C9H18O6. The van der Waals surface area contributed by atoms with Gasteiger partial charge in [0.15, 0.2) is 5.79 Å². The lowest BCUT2D eigenvalue weighted by Crippen LogP contribution is -2.45. The van der Waals surface area contributed by atoms with E-state index in [1.165, 1.54) is 0 Å². The minimum absolute atomic E-state index is 0.487. The second-order valence-corrected chi connectivity index (χ2v) is 4.06. The van der Waals surface area contributed by atoms with Crippen molar-refractivity contribution in [3.05, 3.63) is 0 Å². The Bertz CT molecular complexity index is 187. The highest BCUT2D eigenvalue weighted by Crippen LogP contribution is 2.31. The van der Waals surface area contributed by atoms with Gasteiger partial charge in [-0.3, -0.25) is 0 Å². The molecule has 0 unspecified atom stereocenters. The molecule has 90 valence electrons. The summed E-state index contributed by atoms with van der Waals surface area (Å²) in [7, 11) is 0. The number of hydrogen-bond acceptors (Lipinski definition) is 6. The summed E-state index contributed by atoms with van der Waals surface area (Å²) in [5.41, 5.74) is 0. The molecule has 6 heteroatoms. The van der Waals surface area contributed by atoms with Crippen molar-refractivity contribution in [1.82, 2.24) is 0 Å². The highest BCUT2D eigenvalue weighted by Gasteiger charge is 2.47. The minimum Gasteiger partial charge on any atom is -0.394 e. The van der Waals surface area contributed by atoms with Crippen LogP contribution in [0.4, 0.5) is 0 Å². The van der Waals surface area contributed by atoms with Crippen molar-refractivity contribution in [2.45, 2.75) is 44.1 Å². The Morgan fingerprint density at radius 1 is 1.00 bits per heavy atom. The largest absolute Gasteiger partial charge is 0.394 e. The highest BCUT2D eigenvalue weighted by molar-refractivity contribution is 4.90. The van der Waals surface area contributed by atoms with Crippen LogP contribution in [0.15, 0.2) is 0 Å². The van der Waals surface area contributed by atoms with Gasteiger partial charge in [-0.1, -0.05) is 0 Å². The molecule has 0 aromatic rings. The molecule has 0 amide bonds. The summed E-state index contributed by atoms with van der Waals surface area (Å²) < 4.78 is 10.7. The number of aliphatic hydroxyl groups is 4. The van der Waals surface area contributed by atoms with E-state index in [1.54, 1.807) is 13.8 Å². The van der Waals surface area contributed by atoms with Gasteiger partial charge in [0.05, 0.1) is 13.2 Å². The molecule has 6 nitrogen and oxygen atoms in total. The molecular weight excluding hydrogens is 204 g/mol. The lowest BCUT2D eigenvalue weighted by atomic mass is 10.0. The van der Waals surface area contributed by atoms with Gasteiger partial charge in [0.25, 0.3) is 0 Å². The smallest absolute Gasteiger partial charge is 0.164 e. The summed E-state index contributed by atoms with van der Waals surface area (Å²) in [6.07, 6.45) is -3.96. The predicted molar refractivity (Wildman–Crippen MR) is 50.0 cm³/mol. The number of rotatable bonds is 4. The molecule has 0 spiro atoms. The summed E-state index contributed by atoms with van der Waals surface area (Å²) in [5.74, 6) is -0.943. The Labute approximate surface area is 88.1 Å². The fourth-order valence-corrected chi connectivity index (χ4v) is 1.62. The molecule has 1 saturated heterocycles. The Morgan fingerprint density at radius 3 is 1.60 bits per heavy atom. The van der Waals surface area contributed by atoms with Gasteiger partial charge in [-0.25, -0.2) is 0 Å². The maximum atomic E-state index is 9.46. The molecule has 0 aliphatic carbocycles. The van der Waals surface area contributed by atoms with Gasteiger partial charge in [0.2, 0.25) is 0 Å². The first-order valence-corrected chi connectivity index (χ1v) is 4.85. The fourth-order valence-electron chi connectivity index (χ4n) is 1.62. The molecule has 1 heterocycles. The molecule has 1 rings (SSSR count). The van der Waals surface area contributed by atoms with E-state index in [9.17, 15) is 10.2 Å². The van der Waals surface area contributed by atoms with Crippen molar-refractivity contribution in [3.63, 3.8) is 0 Å². The van der Waals surface area contributed by atoms with Gasteiger partial charge in [0, 0.05) is 0 Å². The van der Waals surface area contributed by atoms with Crippen LogP contribution in [0.2, 0.25) is 0 Å². The monoisotopic (exact) mass is 222 g/mol.